The van der Waals surface area contributed by atoms with Gasteiger partial charge in [0.2, 0.25) is 0 Å². The molecule has 4 nitrogen and oxygen atoms in total. The number of hydrogen-bond donors (Lipinski definition) is 2. The fourth-order valence-electron chi connectivity index (χ4n) is 1.92. The minimum atomic E-state index is -0.708. The predicted molar refractivity (Wildman–Crippen MR) is 78.4 cm³/mol. The number of pyridine rings is 1. The van der Waals surface area contributed by atoms with E-state index in [1.54, 1.807) is 30.5 Å². The number of amides is 1. The minimum Gasteiger partial charge on any atom is -0.388 e. The SMILES string of the molecule is CC(C)C(O)c1cccnc1C(=O)Nc1ccccc1. The molecule has 1 amide bonds. The fourth-order valence-corrected chi connectivity index (χ4v) is 1.92. The van der Waals surface area contributed by atoms with Gasteiger partial charge in [0, 0.05) is 17.4 Å². The first-order valence-electron chi connectivity index (χ1n) is 6.59. The van der Waals surface area contributed by atoms with E-state index >= 15 is 0 Å². The topological polar surface area (TPSA) is 62.2 Å². The maximum atomic E-state index is 12.3. The molecule has 2 N–H and O–H groups in total. The molecule has 1 aromatic carbocycles. The number of para-hydroxylation sites is 1. The van der Waals surface area contributed by atoms with E-state index in [1.165, 1.54) is 0 Å². The molecular formula is C16H18N2O2. The van der Waals surface area contributed by atoms with Crippen LogP contribution >= 0.6 is 0 Å². The standard InChI is InChI=1S/C16H18N2O2/c1-11(2)15(19)13-9-6-10-17-14(13)16(20)18-12-7-4-3-5-8-12/h3-11,15,19H,1-2H3,(H,18,20). The summed E-state index contributed by atoms with van der Waals surface area (Å²) in [6.07, 6.45) is 0.844. The number of aromatic nitrogens is 1. The molecule has 0 aliphatic carbocycles. The zero-order chi connectivity index (χ0) is 14.5. The number of anilines is 1. The molecule has 0 saturated heterocycles. The maximum absolute atomic E-state index is 12.3. The van der Waals surface area contributed by atoms with Crippen molar-refractivity contribution in [3.63, 3.8) is 0 Å². The molecule has 4 heteroatoms. The second-order valence-corrected chi connectivity index (χ2v) is 4.95. The quantitative estimate of drug-likeness (QED) is 0.897. The molecule has 0 fully saturated rings. The van der Waals surface area contributed by atoms with Crippen molar-refractivity contribution < 1.29 is 9.90 Å². The van der Waals surface area contributed by atoms with E-state index in [4.69, 9.17) is 0 Å². The molecule has 104 valence electrons. The summed E-state index contributed by atoms with van der Waals surface area (Å²) in [5.41, 5.74) is 1.52. The lowest BCUT2D eigenvalue weighted by atomic mass is 9.97. The normalized spacial score (nSPS) is 12.2. The predicted octanol–water partition coefficient (Wildman–Crippen LogP) is 3.02. The number of hydrogen-bond acceptors (Lipinski definition) is 3. The van der Waals surface area contributed by atoms with Gasteiger partial charge in [-0.3, -0.25) is 9.78 Å². The smallest absolute Gasteiger partial charge is 0.274 e. The van der Waals surface area contributed by atoms with E-state index in [0.29, 0.717) is 11.3 Å². The third-order valence-electron chi connectivity index (χ3n) is 3.04. The number of carbonyl (C=O) groups is 1. The number of aliphatic hydroxyl groups is 1. The summed E-state index contributed by atoms with van der Waals surface area (Å²) in [6, 6.07) is 12.6. The van der Waals surface area contributed by atoms with E-state index in [0.717, 1.165) is 0 Å². The Balaban J connectivity index is 2.26. The summed E-state index contributed by atoms with van der Waals surface area (Å²) in [4.78, 5) is 16.4. The van der Waals surface area contributed by atoms with Gasteiger partial charge in [-0.25, -0.2) is 0 Å². The van der Waals surface area contributed by atoms with Crippen LogP contribution in [0.3, 0.4) is 0 Å². The number of nitrogens with one attached hydrogen (secondary N) is 1. The molecule has 0 radical (unpaired) electrons. The Labute approximate surface area is 118 Å². The summed E-state index contributed by atoms with van der Waals surface area (Å²) in [7, 11) is 0. The monoisotopic (exact) mass is 270 g/mol. The lowest BCUT2D eigenvalue weighted by Crippen LogP contribution is -2.19. The van der Waals surface area contributed by atoms with Gasteiger partial charge in [0.15, 0.2) is 0 Å². The van der Waals surface area contributed by atoms with Gasteiger partial charge < -0.3 is 10.4 Å². The second kappa shape index (κ2) is 6.30. The fraction of sp³-hybridized carbons (Fsp3) is 0.250. The number of benzene rings is 1. The Morgan fingerprint density at radius 1 is 1.15 bits per heavy atom. The Bertz CT molecular complexity index is 582. The highest BCUT2D eigenvalue weighted by atomic mass is 16.3. The van der Waals surface area contributed by atoms with Gasteiger partial charge in [-0.2, -0.15) is 0 Å². The largest absolute Gasteiger partial charge is 0.388 e. The summed E-state index contributed by atoms with van der Waals surface area (Å²) in [6.45, 7) is 3.80. The van der Waals surface area contributed by atoms with E-state index in [9.17, 15) is 9.90 Å². The highest BCUT2D eigenvalue weighted by molar-refractivity contribution is 6.03. The first-order chi connectivity index (χ1) is 9.59. The Kier molecular flexibility index (Phi) is 4.48. The third-order valence-corrected chi connectivity index (χ3v) is 3.04. The van der Waals surface area contributed by atoms with Crippen molar-refractivity contribution in [1.29, 1.82) is 0 Å². The number of carbonyl (C=O) groups excluding carboxylic acids is 1. The van der Waals surface area contributed by atoms with Gasteiger partial charge in [-0.05, 0) is 24.1 Å². The molecule has 0 saturated carbocycles. The molecule has 1 heterocycles. The Morgan fingerprint density at radius 2 is 1.85 bits per heavy atom. The van der Waals surface area contributed by atoms with Gasteiger partial charge in [-0.15, -0.1) is 0 Å². The summed E-state index contributed by atoms with van der Waals surface area (Å²) >= 11 is 0. The molecular weight excluding hydrogens is 252 g/mol. The van der Waals surface area contributed by atoms with Crippen LogP contribution < -0.4 is 5.32 Å². The van der Waals surface area contributed by atoms with Gasteiger partial charge in [-0.1, -0.05) is 38.1 Å². The van der Waals surface area contributed by atoms with Crippen LogP contribution in [0.4, 0.5) is 5.69 Å². The van der Waals surface area contributed by atoms with Gasteiger partial charge >= 0.3 is 0 Å². The van der Waals surface area contributed by atoms with Crippen molar-refractivity contribution in [3.05, 3.63) is 59.9 Å². The van der Waals surface area contributed by atoms with Crippen LogP contribution in [-0.2, 0) is 0 Å². The number of aliphatic hydroxyl groups excluding tert-OH is 1. The molecule has 2 rings (SSSR count). The summed E-state index contributed by atoms with van der Waals surface area (Å²) in [5.74, 6) is -0.297. The highest BCUT2D eigenvalue weighted by Gasteiger charge is 2.20. The van der Waals surface area contributed by atoms with Crippen molar-refractivity contribution in [2.24, 2.45) is 5.92 Å². The molecule has 0 aliphatic rings. The lowest BCUT2D eigenvalue weighted by molar-refractivity contribution is 0.0993. The highest BCUT2D eigenvalue weighted by Crippen LogP contribution is 2.24. The Morgan fingerprint density at radius 3 is 2.50 bits per heavy atom. The summed E-state index contributed by atoms with van der Waals surface area (Å²) in [5, 5.41) is 13.0. The average Bonchev–Trinajstić information content (AvgIpc) is 2.47. The number of rotatable bonds is 4. The molecule has 0 aliphatic heterocycles. The zero-order valence-corrected chi connectivity index (χ0v) is 11.6. The molecule has 0 bridgehead atoms. The van der Waals surface area contributed by atoms with Crippen molar-refractivity contribution in [2.45, 2.75) is 20.0 Å². The second-order valence-electron chi connectivity index (χ2n) is 4.95. The first kappa shape index (κ1) is 14.2. The van der Waals surface area contributed by atoms with Gasteiger partial charge in [0.25, 0.3) is 5.91 Å². The van der Waals surface area contributed by atoms with Crippen molar-refractivity contribution in [1.82, 2.24) is 4.98 Å². The van der Waals surface area contributed by atoms with Crippen LogP contribution in [0.15, 0.2) is 48.7 Å². The van der Waals surface area contributed by atoms with Crippen LogP contribution in [-0.4, -0.2) is 16.0 Å². The third kappa shape index (κ3) is 3.22. The lowest BCUT2D eigenvalue weighted by Gasteiger charge is -2.17. The first-order valence-corrected chi connectivity index (χ1v) is 6.59. The van der Waals surface area contributed by atoms with Crippen LogP contribution in [0.5, 0.6) is 0 Å². The van der Waals surface area contributed by atoms with Gasteiger partial charge in [0.1, 0.15) is 5.69 Å². The van der Waals surface area contributed by atoms with Crippen molar-refractivity contribution in [2.75, 3.05) is 5.32 Å². The average molecular weight is 270 g/mol. The molecule has 1 atom stereocenters. The van der Waals surface area contributed by atoms with E-state index in [2.05, 4.69) is 10.3 Å². The van der Waals surface area contributed by atoms with Crippen LogP contribution in [0.1, 0.15) is 36.0 Å². The molecule has 2 aromatic rings. The van der Waals surface area contributed by atoms with E-state index in [1.807, 2.05) is 32.0 Å². The molecule has 1 aromatic heterocycles. The van der Waals surface area contributed by atoms with Crippen LogP contribution in [0, 0.1) is 5.92 Å². The molecule has 20 heavy (non-hydrogen) atoms. The van der Waals surface area contributed by atoms with Crippen LogP contribution in [0.2, 0.25) is 0 Å². The van der Waals surface area contributed by atoms with Crippen LogP contribution in [0.25, 0.3) is 0 Å². The molecule has 1 unspecified atom stereocenters. The van der Waals surface area contributed by atoms with Crippen molar-refractivity contribution in [3.8, 4) is 0 Å². The van der Waals surface area contributed by atoms with Gasteiger partial charge in [0.05, 0.1) is 6.10 Å². The van der Waals surface area contributed by atoms with E-state index in [-0.39, 0.29) is 17.5 Å². The molecule has 0 spiro atoms. The van der Waals surface area contributed by atoms with Crippen molar-refractivity contribution >= 4 is 11.6 Å². The van der Waals surface area contributed by atoms with E-state index < -0.39 is 6.10 Å². The maximum Gasteiger partial charge on any atom is 0.274 e. The minimum absolute atomic E-state index is 0.0162. The summed E-state index contributed by atoms with van der Waals surface area (Å²) < 4.78 is 0. The number of nitrogens with zero attached hydrogens (tertiary/aromatic N) is 1. The zero-order valence-electron chi connectivity index (χ0n) is 11.6. The Hall–Kier alpha value is -2.20.